The standard InChI is InChI=1S/C81H120N15O27S/c1-14-38(8)62(72(113)91-48(24-43-30-85-34-87-43)69(110)88-46(41(11)98)26-55(83)101)93-70(111)49(27-56(84)102)89-68(109)47(22-35(2)3)90-71(112)51-16-15-20-95(51)74(115)50(31-97)92-73(114)63(42(12)99)94-67(108)45(82)32-124-53-28-58(104)96(75(53)116)21-19-86-57(103)17-18-59(105)123-66-52(100)23-39(9)44-25-54-79-33-120-81(119,77(79)78(44,66)13)65(107)40(10)61(79)64(76(117)121-54)122-60(106)29-80(118,36(4)5)37(6)7/h23,25,30,34-38,40,42,44-51,53-54,61-66,77,97,99,107,118-119H,14-22,24,26-29,31-33,82H2,1-13H3,(H2,83,101)(H2,84,102)(H,85,87)(H,86,103)(H,88,110)(H,89,109)(H,90,112)(H,91,113)(H,92,114)(H,93,111)(H,94,108)/t38?,40-,42?,44+,45?,46?,47?,48?,49?,50?,51?,53?,54?,61?,62?,63?,64?,65-,66-,77?,78-,79+,81+/m1/s1. The number of nitrogens with two attached hydrogens (primary N) is 3. The third kappa shape index (κ3) is 21.9. The maximum absolute atomic E-state index is 14.3. The molecule has 1 radical (unpaired) electrons. The minimum absolute atomic E-state index is 0.000939. The summed E-state index contributed by atoms with van der Waals surface area (Å²) in [5, 5.41) is 76.2. The van der Waals surface area contributed by atoms with Crippen molar-refractivity contribution in [3.63, 3.8) is 0 Å². The first-order chi connectivity index (χ1) is 58.0. The predicted molar refractivity (Wildman–Crippen MR) is 433 cm³/mol. The molecule has 8 rings (SSSR count). The van der Waals surface area contributed by atoms with Gasteiger partial charge in [-0.2, -0.15) is 0 Å². The van der Waals surface area contributed by atoms with Gasteiger partial charge in [0.1, 0.15) is 54.5 Å². The van der Waals surface area contributed by atoms with E-state index in [2.05, 4.69) is 52.5 Å². The summed E-state index contributed by atoms with van der Waals surface area (Å²) in [4.78, 5) is 254. The van der Waals surface area contributed by atoms with Crippen LogP contribution in [0.25, 0.3) is 0 Å². The molecule has 687 valence electrons. The molecule has 6 fully saturated rings. The average molecular weight is 1770 g/mol. The van der Waals surface area contributed by atoms with E-state index in [0.29, 0.717) is 11.3 Å². The van der Waals surface area contributed by atoms with Gasteiger partial charge in [0, 0.05) is 85.6 Å². The number of aliphatic hydroxyl groups excluding tert-OH is 3. The third-order valence-electron chi connectivity index (χ3n) is 25.1. The second kappa shape index (κ2) is 41.5. The molecule has 23 atom stereocenters. The highest BCUT2D eigenvalue weighted by molar-refractivity contribution is 8.00. The zero-order valence-corrected chi connectivity index (χ0v) is 72.6. The second-order valence-electron chi connectivity index (χ2n) is 34.9. The molecule has 16 unspecified atom stereocenters. The number of H-pyrrole nitrogens is 1. The third-order valence-corrected chi connectivity index (χ3v) is 26.5. The number of amides is 13. The Kier molecular flexibility index (Phi) is 33.3. The number of ketones is 2. The fourth-order valence-electron chi connectivity index (χ4n) is 18.3. The number of Topliss-reactive ketones (excluding diaryl/α,β-unsaturated/α-hetero) is 1. The van der Waals surface area contributed by atoms with Crippen LogP contribution >= 0.6 is 11.8 Å². The van der Waals surface area contributed by atoms with Gasteiger partial charge in [-0.25, -0.2) is 9.78 Å². The Morgan fingerprint density at radius 1 is 0.790 bits per heavy atom. The van der Waals surface area contributed by atoms with E-state index in [1.165, 1.54) is 18.6 Å². The highest BCUT2D eigenvalue weighted by Crippen LogP contribution is 2.74. The lowest BCUT2D eigenvalue weighted by atomic mass is 9.38. The molecular weight excluding hydrogens is 1650 g/mol. The lowest BCUT2D eigenvalue weighted by molar-refractivity contribution is -0.333. The lowest BCUT2D eigenvalue weighted by Gasteiger charge is -2.68. The molecule has 1 aromatic heterocycles. The van der Waals surface area contributed by atoms with Gasteiger partial charge < -0.3 is 114 Å². The minimum atomic E-state index is -2.44. The molecule has 2 saturated carbocycles. The summed E-state index contributed by atoms with van der Waals surface area (Å²) in [6.45, 7) is 18.4. The Morgan fingerprint density at radius 2 is 1.40 bits per heavy atom. The fraction of sp³-hybridized carbons (Fsp3) is 0.704. The van der Waals surface area contributed by atoms with Gasteiger partial charge >= 0.3 is 17.9 Å². The highest BCUT2D eigenvalue weighted by Gasteiger charge is 2.84. The number of esters is 3. The van der Waals surface area contributed by atoms with E-state index in [9.17, 15) is 112 Å². The molecule has 42 nitrogen and oxygen atoms in total. The van der Waals surface area contributed by atoms with Crippen LogP contribution in [-0.2, 0) is 112 Å². The van der Waals surface area contributed by atoms with Crippen LogP contribution in [0.3, 0.4) is 0 Å². The number of likely N-dealkylation sites (tertiary alicyclic amines) is 2. The van der Waals surface area contributed by atoms with Gasteiger partial charge in [0.15, 0.2) is 23.5 Å². The summed E-state index contributed by atoms with van der Waals surface area (Å²) >= 11 is 0.810. The van der Waals surface area contributed by atoms with Crippen molar-refractivity contribution in [3.8, 4) is 0 Å². The number of aromatic amines is 1. The first-order valence-corrected chi connectivity index (χ1v) is 42.7. The Balaban J connectivity index is 0.814. The van der Waals surface area contributed by atoms with E-state index in [0.717, 1.165) is 35.4 Å². The number of imidazole rings is 1. The molecule has 7 aliphatic rings. The highest BCUT2D eigenvalue weighted by atomic mass is 32.2. The number of allylic oxidation sites excluding steroid dienone is 1. The van der Waals surface area contributed by atoms with Crippen molar-refractivity contribution >= 4 is 118 Å². The number of carbonyl (C=O) groups is 18. The Bertz CT molecular complexity index is 4250. The molecule has 124 heavy (non-hydrogen) atoms. The number of aliphatic hydroxyl groups is 5. The number of fused-ring (bicyclic) bond motifs is 1. The van der Waals surface area contributed by atoms with Crippen LogP contribution in [0.1, 0.15) is 160 Å². The van der Waals surface area contributed by atoms with Gasteiger partial charge in [-0.15, -0.1) is 11.8 Å². The molecule has 2 bridgehead atoms. The molecule has 4 saturated heterocycles. The van der Waals surface area contributed by atoms with Gasteiger partial charge in [0.25, 0.3) is 0 Å². The van der Waals surface area contributed by atoms with E-state index in [-0.39, 0.29) is 76.4 Å². The largest absolute Gasteiger partial charge is 0.459 e. The SMILES string of the molecule is CCC(C)C(NC(=O)C(CC(N)=O)NC(=O)C(CC(C)C)NC(=O)C1CCCN1C(=O)C(CO)NC(=O)C(NC(=O)C(N)CSC1CC(=O)N(CCNC(=O)CCC(=O)O[C@@H]2C(=O)C=C(C)[C@@H]3[CH]C4OC(=O)C(OC(=O)CC(O)(C(C)C)C(C)C)C5[C@@H](C)[C@@H](O)[C@]6(O)OC[C@]45C6[C@@]23C)C1=O)C(C)O)C(=O)NC(Cc1cnc[nH]1)C(=O)NC(CC(N)=O)C(C)=O. The zero-order valence-electron chi connectivity index (χ0n) is 71.8. The first kappa shape index (κ1) is 99.5. The van der Waals surface area contributed by atoms with Gasteiger partial charge in [0.05, 0.1) is 74.3 Å². The second-order valence-corrected chi connectivity index (χ2v) is 36.1. The van der Waals surface area contributed by atoms with E-state index >= 15 is 0 Å². The summed E-state index contributed by atoms with van der Waals surface area (Å²) < 4.78 is 24.2. The molecular formula is C81H120N15O27S. The van der Waals surface area contributed by atoms with Crippen molar-refractivity contribution in [2.75, 3.05) is 38.6 Å². The number of primary amides is 2. The van der Waals surface area contributed by atoms with Crippen LogP contribution in [-0.4, -0.2) is 292 Å². The number of rotatable bonds is 43. The number of hydrogen-bond donors (Lipinski definition) is 17. The fourth-order valence-corrected chi connectivity index (χ4v) is 19.4. The van der Waals surface area contributed by atoms with E-state index < -0.39 is 299 Å². The summed E-state index contributed by atoms with van der Waals surface area (Å²) in [7, 11) is 0. The van der Waals surface area contributed by atoms with Crippen LogP contribution < -0.4 is 59.7 Å². The summed E-state index contributed by atoms with van der Waals surface area (Å²) in [6.07, 6.45) is -5.59. The van der Waals surface area contributed by atoms with Gasteiger partial charge in [-0.3, -0.25) is 86.4 Å². The van der Waals surface area contributed by atoms with Crippen molar-refractivity contribution < 1.29 is 131 Å². The maximum Gasteiger partial charge on any atom is 0.348 e. The van der Waals surface area contributed by atoms with Crippen LogP contribution in [0.4, 0.5) is 0 Å². The number of ether oxygens (including phenoxy) is 4. The molecule has 3 aliphatic carbocycles. The molecule has 13 amide bonds. The van der Waals surface area contributed by atoms with Gasteiger partial charge in [0.2, 0.25) is 82.9 Å². The number of nitrogens with zero attached hydrogens (tertiary/aromatic N) is 3. The summed E-state index contributed by atoms with van der Waals surface area (Å²) in [6, 6.07) is -14.0. The van der Waals surface area contributed by atoms with Gasteiger partial charge in [-0.05, 0) is 81.6 Å². The van der Waals surface area contributed by atoms with E-state index in [1.54, 1.807) is 82.6 Å². The number of thioether (sulfide) groups is 1. The molecule has 1 spiro atoms. The van der Waals surface area contributed by atoms with Crippen molar-refractivity contribution in [2.24, 2.45) is 75.4 Å². The van der Waals surface area contributed by atoms with E-state index in [4.69, 9.17) is 36.1 Å². The van der Waals surface area contributed by atoms with Crippen LogP contribution in [0.2, 0.25) is 0 Å². The Labute approximate surface area is 720 Å². The maximum atomic E-state index is 14.3. The smallest absolute Gasteiger partial charge is 0.348 e. The Hall–Kier alpha value is -9.92. The quantitative estimate of drug-likeness (QED) is 0.0165. The molecule has 5 heterocycles. The minimum Gasteiger partial charge on any atom is -0.459 e. The van der Waals surface area contributed by atoms with Crippen molar-refractivity contribution in [1.29, 1.82) is 0 Å². The summed E-state index contributed by atoms with van der Waals surface area (Å²) in [5.41, 5.74) is 13.2. The number of hydrogen-bond acceptors (Lipinski definition) is 30. The average Bonchev–Trinajstić information content (AvgIpc) is 1.43. The molecule has 43 heteroatoms. The monoisotopic (exact) mass is 1770 g/mol. The lowest BCUT2D eigenvalue weighted by Crippen LogP contribution is -2.78. The van der Waals surface area contributed by atoms with Crippen LogP contribution in [0.5, 0.6) is 0 Å². The van der Waals surface area contributed by atoms with Crippen LogP contribution in [0.15, 0.2) is 24.2 Å². The van der Waals surface area contributed by atoms with Crippen molar-refractivity contribution in [2.45, 2.75) is 262 Å². The molecule has 4 aliphatic heterocycles. The van der Waals surface area contributed by atoms with E-state index in [1.807, 2.05) is 0 Å². The topological polar surface area (TPSA) is 655 Å². The van der Waals surface area contributed by atoms with Crippen LogP contribution in [0, 0.1) is 64.6 Å². The number of aromatic nitrogens is 2. The zero-order chi connectivity index (χ0) is 92.4. The first-order valence-electron chi connectivity index (χ1n) is 41.7. The Morgan fingerprint density at radius 3 is 1.99 bits per heavy atom. The van der Waals surface area contributed by atoms with Crippen molar-refractivity contribution in [3.05, 3.63) is 36.3 Å². The molecule has 20 N–H and O–H groups in total. The number of imide groups is 1. The summed E-state index contributed by atoms with van der Waals surface area (Å²) in [5.74, 6) is -25.3. The molecule has 0 aromatic carbocycles. The van der Waals surface area contributed by atoms with Gasteiger partial charge in [-0.1, -0.05) is 81.2 Å². The number of carbonyl (C=O) groups excluding carboxylic acids is 18. The predicted octanol–water partition coefficient (Wildman–Crippen LogP) is -5.27. The number of nitrogens with one attached hydrogen (secondary N) is 9. The molecule has 1 aromatic rings. The normalized spacial score (nSPS) is 27.5. The van der Waals surface area contributed by atoms with Crippen molar-refractivity contribution in [1.82, 2.24) is 62.3 Å².